The fraction of sp³-hybridized carbons (Fsp3) is 0.650. The molecule has 0 N–H and O–H groups in total. The van der Waals surface area contributed by atoms with E-state index in [1.54, 1.807) is 0 Å². The van der Waals surface area contributed by atoms with Gasteiger partial charge in [0.25, 0.3) is 0 Å². The van der Waals surface area contributed by atoms with Crippen LogP contribution < -0.4 is 17.1 Å². The van der Waals surface area contributed by atoms with Gasteiger partial charge in [-0.3, -0.25) is 0 Å². The van der Waals surface area contributed by atoms with Crippen molar-refractivity contribution in [3.8, 4) is 0 Å². The fourth-order valence-corrected chi connectivity index (χ4v) is 4.22. The van der Waals surface area contributed by atoms with E-state index < -0.39 is 94.7 Å². The summed E-state index contributed by atoms with van der Waals surface area (Å²) >= 11 is 0.642. The Morgan fingerprint density at radius 2 is 0.841 bits per heavy atom. The smallest absolute Gasteiger partial charge is 0.247 e. The molecule has 44 heavy (non-hydrogen) atoms. The van der Waals surface area contributed by atoms with E-state index in [1.807, 2.05) is 0 Å². The third-order valence-corrected chi connectivity index (χ3v) is 6.49. The van der Waals surface area contributed by atoms with Gasteiger partial charge in [0.15, 0.2) is 0 Å². The van der Waals surface area contributed by atoms with Crippen molar-refractivity contribution in [1.29, 1.82) is 0 Å². The Morgan fingerprint density at radius 3 is 1.16 bits per heavy atom. The van der Waals surface area contributed by atoms with Crippen molar-refractivity contribution in [2.75, 3.05) is 0 Å². The van der Waals surface area contributed by atoms with Gasteiger partial charge in [-0.05, 0) is 0 Å². The fourth-order valence-electron chi connectivity index (χ4n) is 3.27. The highest BCUT2D eigenvalue weighted by atomic mass is 127. The predicted octanol–water partition coefficient (Wildman–Crippen LogP) is 5.75. The van der Waals surface area contributed by atoms with Gasteiger partial charge in [-0.25, -0.2) is 28.1 Å². The Bertz CT molecular complexity index is 1380. The second-order valence-corrected chi connectivity index (χ2v) is 10.5. The van der Waals surface area contributed by atoms with Crippen molar-refractivity contribution < 1.29 is 74.6 Å². The summed E-state index contributed by atoms with van der Waals surface area (Å²) in [6, 6.07) is 0. The average molecular weight is 795 g/mol. The third kappa shape index (κ3) is 5.89. The normalized spacial score (nSPS) is 15.3. The Hall–Kier alpha value is -2.57. The largest absolute Gasteiger partial charge is 0.460 e. The van der Waals surface area contributed by atoms with Gasteiger partial charge in [-0.15, -0.1) is 13.2 Å². The quantitative estimate of drug-likeness (QED) is 0.104. The van der Waals surface area contributed by atoms with E-state index in [0.717, 1.165) is 12.2 Å². The van der Waals surface area contributed by atoms with Crippen LogP contribution in [0.1, 0.15) is 6.42 Å². The molecule has 0 amide bonds. The minimum absolute atomic E-state index is 0.111. The van der Waals surface area contributed by atoms with Crippen LogP contribution in [0.2, 0.25) is 0 Å². The standard InChI is InChI=1S/C20H15F17IN3O3/c1-3-5-39-10(42)40(6-4-2)12(44)41(11(39)43)8-9(38)7-13(21,22)14(23,24)15(25,26)16(27,28)17(29,30)18(31,32)19(33,34)20(35,36)37/h3-4,9H,1-2,5-8H2. The van der Waals surface area contributed by atoms with Crippen molar-refractivity contribution in [1.82, 2.24) is 13.7 Å². The van der Waals surface area contributed by atoms with Crippen LogP contribution >= 0.6 is 22.6 Å². The first-order chi connectivity index (χ1) is 19.4. The number of rotatable bonds is 14. The van der Waals surface area contributed by atoms with Gasteiger partial charge in [-0.2, -0.15) is 74.6 Å². The molecule has 1 unspecified atom stereocenters. The molecule has 6 nitrogen and oxygen atoms in total. The molecule has 0 saturated carbocycles. The molecule has 0 aliphatic rings. The summed E-state index contributed by atoms with van der Waals surface area (Å²) < 4.78 is 227. The molecule has 1 rings (SSSR count). The monoisotopic (exact) mass is 795 g/mol. The van der Waals surface area contributed by atoms with Crippen molar-refractivity contribution in [3.63, 3.8) is 0 Å². The Kier molecular flexibility index (Phi) is 10.7. The Balaban J connectivity index is 3.64. The van der Waals surface area contributed by atoms with Crippen LogP contribution in [0, 0.1) is 0 Å². The maximum absolute atomic E-state index is 14.4. The van der Waals surface area contributed by atoms with E-state index in [0.29, 0.717) is 22.6 Å². The van der Waals surface area contributed by atoms with Crippen molar-refractivity contribution >= 4 is 22.6 Å². The van der Waals surface area contributed by atoms with Gasteiger partial charge < -0.3 is 0 Å². The highest BCUT2D eigenvalue weighted by Gasteiger charge is 2.95. The zero-order chi connectivity index (χ0) is 35.3. The number of nitrogens with zero attached hydrogens (tertiary/aromatic N) is 3. The van der Waals surface area contributed by atoms with E-state index in [1.165, 1.54) is 0 Å². The maximum Gasteiger partial charge on any atom is 0.460 e. The predicted molar refractivity (Wildman–Crippen MR) is 123 cm³/mol. The van der Waals surface area contributed by atoms with E-state index in [4.69, 9.17) is 0 Å². The van der Waals surface area contributed by atoms with Gasteiger partial charge in [0, 0.05) is 16.9 Å². The first-order valence-electron chi connectivity index (χ1n) is 10.9. The molecule has 1 atom stereocenters. The summed E-state index contributed by atoms with van der Waals surface area (Å²) in [5, 5.41) is 0. The lowest BCUT2D eigenvalue weighted by Crippen LogP contribution is -2.74. The lowest BCUT2D eigenvalue weighted by atomic mass is 9.88. The highest BCUT2D eigenvalue weighted by Crippen LogP contribution is 2.64. The average Bonchev–Trinajstić information content (AvgIpc) is 2.85. The molecule has 1 aromatic rings. The van der Waals surface area contributed by atoms with Crippen LogP contribution in [0.25, 0.3) is 0 Å². The van der Waals surface area contributed by atoms with Crippen molar-refractivity contribution in [2.45, 2.75) is 77.6 Å². The number of allylic oxidation sites excluding steroid dienone is 2. The molecule has 0 saturated heterocycles. The zero-order valence-corrected chi connectivity index (χ0v) is 23.0. The molecule has 254 valence electrons. The summed E-state index contributed by atoms with van der Waals surface area (Å²) in [6.07, 6.45) is -8.93. The maximum atomic E-state index is 14.4. The van der Waals surface area contributed by atoms with E-state index in [9.17, 15) is 89.0 Å². The molecule has 1 aromatic heterocycles. The molecule has 24 heteroatoms. The summed E-state index contributed by atoms with van der Waals surface area (Å²) in [5.74, 6) is -57.5. The zero-order valence-electron chi connectivity index (χ0n) is 20.8. The molecule has 0 radical (unpaired) electrons. The van der Waals surface area contributed by atoms with Gasteiger partial charge in [-0.1, -0.05) is 34.7 Å². The summed E-state index contributed by atoms with van der Waals surface area (Å²) in [5.41, 5.74) is -4.61. The van der Waals surface area contributed by atoms with Crippen LogP contribution in [0.15, 0.2) is 39.7 Å². The minimum atomic E-state index is -8.76. The minimum Gasteiger partial charge on any atom is -0.247 e. The van der Waals surface area contributed by atoms with Gasteiger partial charge in [0.05, 0.1) is 13.1 Å². The third-order valence-electron chi connectivity index (χ3n) is 5.65. The number of aromatic nitrogens is 3. The van der Waals surface area contributed by atoms with Gasteiger partial charge in [0.2, 0.25) is 0 Å². The van der Waals surface area contributed by atoms with Gasteiger partial charge >= 0.3 is 64.7 Å². The molecule has 0 bridgehead atoms. The number of hydrogen-bond acceptors (Lipinski definition) is 3. The second-order valence-electron chi connectivity index (χ2n) is 8.71. The highest BCUT2D eigenvalue weighted by molar-refractivity contribution is 14.1. The summed E-state index contributed by atoms with van der Waals surface area (Å²) in [4.78, 5) is 37.3. The summed E-state index contributed by atoms with van der Waals surface area (Å²) in [6.45, 7) is 3.50. The van der Waals surface area contributed by atoms with Crippen molar-refractivity contribution in [3.05, 3.63) is 56.8 Å². The first-order valence-corrected chi connectivity index (χ1v) is 12.1. The van der Waals surface area contributed by atoms with Gasteiger partial charge in [0.1, 0.15) is 0 Å². The summed E-state index contributed by atoms with van der Waals surface area (Å²) in [7, 11) is 0. The van der Waals surface area contributed by atoms with E-state index in [2.05, 4.69) is 13.2 Å². The molecular formula is C20H15F17IN3O3. The molecule has 0 spiro atoms. The van der Waals surface area contributed by atoms with Crippen LogP contribution in [0.5, 0.6) is 0 Å². The topological polar surface area (TPSA) is 66.0 Å². The molecular weight excluding hydrogens is 780 g/mol. The van der Waals surface area contributed by atoms with Crippen LogP contribution in [-0.2, 0) is 19.6 Å². The number of alkyl halides is 18. The van der Waals surface area contributed by atoms with Crippen LogP contribution in [0.4, 0.5) is 74.6 Å². The lowest BCUT2D eigenvalue weighted by Gasteiger charge is -2.43. The second kappa shape index (κ2) is 12.0. The first kappa shape index (κ1) is 39.5. The molecule has 1 heterocycles. The molecule has 0 fully saturated rings. The Morgan fingerprint density at radius 1 is 0.545 bits per heavy atom. The van der Waals surface area contributed by atoms with E-state index in [-0.39, 0.29) is 13.7 Å². The van der Waals surface area contributed by atoms with E-state index >= 15 is 0 Å². The molecule has 0 aliphatic heterocycles. The van der Waals surface area contributed by atoms with Crippen molar-refractivity contribution in [2.24, 2.45) is 0 Å². The lowest BCUT2D eigenvalue weighted by molar-refractivity contribution is -0.461. The Labute approximate surface area is 245 Å². The number of halogens is 18. The number of hydrogen-bond donors (Lipinski definition) is 0. The molecule has 0 aromatic carbocycles. The SMILES string of the molecule is C=CCn1c(=O)n(CC=C)c(=O)n(CC(I)CC(F)(F)C(F)(F)C(F)(F)C(F)(F)C(F)(F)C(F)(F)C(F)(F)C(F)(F)F)c1=O. The van der Waals surface area contributed by atoms with Crippen LogP contribution in [0.3, 0.4) is 0 Å². The van der Waals surface area contributed by atoms with Crippen LogP contribution in [-0.4, -0.2) is 65.3 Å². The molecule has 0 aliphatic carbocycles.